The SMILES string of the molecule is C[C@]1(Cc2ccc3c(c2)OCO3)NC(=O)N(CC(=O)NCC(F)(F)F)C1=O. The number of ether oxygens (including phenoxy) is 2. The average Bonchev–Trinajstić information content (AvgIpc) is 3.10. The van der Waals surface area contributed by atoms with Gasteiger partial charge in [-0.2, -0.15) is 13.2 Å². The zero-order chi connectivity index (χ0) is 19.8. The van der Waals surface area contributed by atoms with E-state index in [9.17, 15) is 27.6 Å². The number of amides is 4. The molecule has 1 aromatic rings. The van der Waals surface area contributed by atoms with E-state index in [1.807, 2.05) is 0 Å². The summed E-state index contributed by atoms with van der Waals surface area (Å²) < 4.78 is 46.9. The quantitative estimate of drug-likeness (QED) is 0.734. The number of hydrogen-bond donors (Lipinski definition) is 2. The molecular weight excluding hydrogens is 371 g/mol. The summed E-state index contributed by atoms with van der Waals surface area (Å²) in [6, 6.07) is 4.21. The molecule has 27 heavy (non-hydrogen) atoms. The topological polar surface area (TPSA) is 97.0 Å². The van der Waals surface area contributed by atoms with Crippen LogP contribution in [-0.2, 0) is 16.0 Å². The molecule has 8 nitrogen and oxygen atoms in total. The number of alkyl halides is 3. The number of benzene rings is 1. The molecule has 1 aromatic carbocycles. The van der Waals surface area contributed by atoms with Crippen molar-refractivity contribution in [3.05, 3.63) is 23.8 Å². The summed E-state index contributed by atoms with van der Waals surface area (Å²) in [5.41, 5.74) is -0.659. The third-order valence-corrected chi connectivity index (χ3v) is 4.13. The average molecular weight is 387 g/mol. The van der Waals surface area contributed by atoms with Crippen LogP contribution >= 0.6 is 0 Å². The van der Waals surface area contributed by atoms with E-state index >= 15 is 0 Å². The van der Waals surface area contributed by atoms with Crippen LogP contribution in [0.15, 0.2) is 18.2 Å². The monoisotopic (exact) mass is 387 g/mol. The first-order chi connectivity index (χ1) is 12.6. The summed E-state index contributed by atoms with van der Waals surface area (Å²) in [5, 5.41) is 4.11. The molecule has 1 fully saturated rings. The van der Waals surface area contributed by atoms with E-state index < -0.39 is 42.7 Å². The van der Waals surface area contributed by atoms with Crippen molar-refractivity contribution in [2.75, 3.05) is 19.9 Å². The molecule has 1 atom stereocenters. The second-order valence-electron chi connectivity index (χ2n) is 6.41. The summed E-state index contributed by atoms with van der Waals surface area (Å²) in [4.78, 5) is 36.9. The van der Waals surface area contributed by atoms with Crippen LogP contribution in [0.4, 0.5) is 18.0 Å². The van der Waals surface area contributed by atoms with Gasteiger partial charge < -0.3 is 20.1 Å². The molecule has 0 spiro atoms. The number of urea groups is 1. The molecule has 0 aromatic heterocycles. The van der Waals surface area contributed by atoms with Crippen LogP contribution in [0.25, 0.3) is 0 Å². The molecule has 3 rings (SSSR count). The Morgan fingerprint density at radius 2 is 2.00 bits per heavy atom. The molecule has 2 aliphatic rings. The summed E-state index contributed by atoms with van der Waals surface area (Å²) in [7, 11) is 0. The van der Waals surface area contributed by atoms with Crippen LogP contribution in [0.5, 0.6) is 11.5 Å². The number of hydrogen-bond acceptors (Lipinski definition) is 5. The Kier molecular flexibility index (Phi) is 4.62. The summed E-state index contributed by atoms with van der Waals surface area (Å²) in [6.45, 7) is -0.764. The maximum atomic E-state index is 12.6. The zero-order valence-corrected chi connectivity index (χ0v) is 14.2. The van der Waals surface area contributed by atoms with Gasteiger partial charge in [0.05, 0.1) is 0 Å². The fourth-order valence-electron chi connectivity index (χ4n) is 2.87. The lowest BCUT2D eigenvalue weighted by Gasteiger charge is -2.22. The Bertz CT molecular complexity index is 798. The maximum Gasteiger partial charge on any atom is 0.405 e. The van der Waals surface area contributed by atoms with Crippen LogP contribution in [0.2, 0.25) is 0 Å². The minimum absolute atomic E-state index is 0.0898. The van der Waals surface area contributed by atoms with Gasteiger partial charge in [0, 0.05) is 6.42 Å². The molecule has 0 saturated carbocycles. The predicted molar refractivity (Wildman–Crippen MR) is 84.0 cm³/mol. The Morgan fingerprint density at radius 3 is 2.70 bits per heavy atom. The van der Waals surface area contributed by atoms with E-state index in [-0.39, 0.29) is 13.2 Å². The van der Waals surface area contributed by atoms with Crippen LogP contribution in [0.3, 0.4) is 0 Å². The lowest BCUT2D eigenvalue weighted by atomic mass is 9.92. The first-order valence-electron chi connectivity index (χ1n) is 7.93. The fraction of sp³-hybridized carbons (Fsp3) is 0.438. The summed E-state index contributed by atoms with van der Waals surface area (Å²) in [6.07, 6.45) is -4.48. The Morgan fingerprint density at radius 1 is 1.30 bits per heavy atom. The standard InChI is InChI=1S/C16H16F3N3O5/c1-15(5-9-2-3-10-11(4-9)27-8-26-10)13(24)22(14(25)21-15)6-12(23)20-7-16(17,18)19/h2-4H,5-8H2,1H3,(H,20,23)(H,21,25)/t15-/m1/s1. The molecule has 0 aliphatic carbocycles. The van der Waals surface area contributed by atoms with Gasteiger partial charge in [-0.25, -0.2) is 4.79 Å². The fourth-order valence-corrected chi connectivity index (χ4v) is 2.87. The third kappa shape index (κ3) is 4.07. The summed E-state index contributed by atoms with van der Waals surface area (Å²) >= 11 is 0. The number of halogens is 3. The minimum atomic E-state index is -4.58. The van der Waals surface area contributed by atoms with Gasteiger partial charge in [-0.05, 0) is 24.6 Å². The number of carbonyl (C=O) groups excluding carboxylic acids is 3. The molecule has 4 amide bonds. The van der Waals surface area contributed by atoms with Gasteiger partial charge in [0.2, 0.25) is 12.7 Å². The predicted octanol–water partition coefficient (Wildman–Crippen LogP) is 0.947. The second-order valence-corrected chi connectivity index (χ2v) is 6.41. The van der Waals surface area contributed by atoms with E-state index in [0.29, 0.717) is 22.0 Å². The van der Waals surface area contributed by atoms with Crippen LogP contribution < -0.4 is 20.1 Å². The maximum absolute atomic E-state index is 12.6. The van der Waals surface area contributed by atoms with Crippen LogP contribution in [-0.4, -0.2) is 54.3 Å². The highest BCUT2D eigenvalue weighted by Gasteiger charge is 2.48. The Hall–Kier alpha value is -2.98. The third-order valence-electron chi connectivity index (χ3n) is 4.13. The van der Waals surface area contributed by atoms with Crippen molar-refractivity contribution in [2.45, 2.75) is 25.1 Å². The first kappa shape index (κ1) is 18.8. The lowest BCUT2D eigenvalue weighted by molar-refractivity contribution is -0.141. The first-order valence-corrected chi connectivity index (χ1v) is 7.93. The van der Waals surface area contributed by atoms with E-state index in [1.165, 1.54) is 6.92 Å². The Labute approximate surface area is 151 Å². The van der Waals surface area contributed by atoms with E-state index in [4.69, 9.17) is 9.47 Å². The van der Waals surface area contributed by atoms with Gasteiger partial charge in [0.1, 0.15) is 18.6 Å². The molecular formula is C16H16F3N3O5. The number of rotatable bonds is 5. The van der Waals surface area contributed by atoms with Gasteiger partial charge >= 0.3 is 12.2 Å². The molecule has 0 unspecified atom stereocenters. The Balaban J connectivity index is 1.66. The molecule has 11 heteroatoms. The van der Waals surface area contributed by atoms with Crippen molar-refractivity contribution in [1.29, 1.82) is 0 Å². The van der Waals surface area contributed by atoms with Crippen molar-refractivity contribution >= 4 is 17.8 Å². The van der Waals surface area contributed by atoms with Crippen molar-refractivity contribution < 1.29 is 37.0 Å². The molecule has 146 valence electrons. The van der Waals surface area contributed by atoms with Crippen molar-refractivity contribution in [3.8, 4) is 11.5 Å². The smallest absolute Gasteiger partial charge is 0.405 e. The van der Waals surface area contributed by atoms with E-state index in [2.05, 4.69) is 5.32 Å². The molecule has 2 heterocycles. The lowest BCUT2D eigenvalue weighted by Crippen LogP contribution is -2.47. The largest absolute Gasteiger partial charge is 0.454 e. The number of imide groups is 1. The number of carbonyl (C=O) groups is 3. The van der Waals surface area contributed by atoms with Gasteiger partial charge in [0.15, 0.2) is 11.5 Å². The van der Waals surface area contributed by atoms with E-state index in [1.54, 1.807) is 23.5 Å². The normalized spacial score (nSPS) is 21.4. The van der Waals surface area contributed by atoms with Crippen LogP contribution in [0, 0.1) is 0 Å². The highest BCUT2D eigenvalue weighted by atomic mass is 19.4. The molecule has 0 bridgehead atoms. The van der Waals surface area contributed by atoms with E-state index in [0.717, 1.165) is 0 Å². The highest BCUT2D eigenvalue weighted by Crippen LogP contribution is 2.34. The zero-order valence-electron chi connectivity index (χ0n) is 14.2. The molecule has 1 saturated heterocycles. The van der Waals surface area contributed by atoms with Crippen molar-refractivity contribution in [2.24, 2.45) is 0 Å². The second kappa shape index (κ2) is 6.63. The molecule has 0 radical (unpaired) electrons. The van der Waals surface area contributed by atoms with Crippen LogP contribution in [0.1, 0.15) is 12.5 Å². The van der Waals surface area contributed by atoms with Gasteiger partial charge in [-0.3, -0.25) is 14.5 Å². The van der Waals surface area contributed by atoms with Gasteiger partial charge in [0.25, 0.3) is 5.91 Å². The van der Waals surface area contributed by atoms with Gasteiger partial charge in [-0.15, -0.1) is 0 Å². The number of nitrogens with zero attached hydrogens (tertiary/aromatic N) is 1. The summed E-state index contributed by atoms with van der Waals surface area (Å²) in [5.74, 6) is -0.708. The highest BCUT2D eigenvalue weighted by molar-refractivity contribution is 6.08. The molecule has 2 aliphatic heterocycles. The minimum Gasteiger partial charge on any atom is -0.454 e. The number of nitrogens with one attached hydrogen (secondary N) is 2. The number of fused-ring (bicyclic) bond motifs is 1. The van der Waals surface area contributed by atoms with Crippen molar-refractivity contribution in [3.63, 3.8) is 0 Å². The van der Waals surface area contributed by atoms with Crippen molar-refractivity contribution in [1.82, 2.24) is 15.5 Å². The molecule has 2 N–H and O–H groups in total. The van der Waals surface area contributed by atoms with Gasteiger partial charge in [-0.1, -0.05) is 6.07 Å².